The van der Waals surface area contributed by atoms with Crippen LogP contribution in [0.4, 0.5) is 5.69 Å². The van der Waals surface area contributed by atoms with Crippen LogP contribution in [0.2, 0.25) is 5.02 Å². The maximum Gasteiger partial charge on any atom is 0.255 e. The van der Waals surface area contributed by atoms with Crippen LogP contribution in [-0.4, -0.2) is 20.1 Å². The van der Waals surface area contributed by atoms with Crippen molar-refractivity contribution in [1.82, 2.24) is 0 Å². The molecule has 0 saturated carbocycles. The molecule has 0 aliphatic heterocycles. The van der Waals surface area contributed by atoms with Gasteiger partial charge in [-0.1, -0.05) is 17.7 Å². The molecule has 0 aliphatic rings. The predicted molar refractivity (Wildman–Crippen MR) is 79.0 cm³/mol. The number of methoxy groups -OCH3 is 2. The van der Waals surface area contributed by atoms with Gasteiger partial charge >= 0.3 is 0 Å². The molecule has 104 valence electrons. The van der Waals surface area contributed by atoms with Crippen LogP contribution >= 0.6 is 11.6 Å². The number of benzene rings is 2. The Balaban J connectivity index is 2.18. The lowest BCUT2D eigenvalue weighted by molar-refractivity contribution is 0.102. The molecule has 0 heterocycles. The van der Waals surface area contributed by atoms with Crippen molar-refractivity contribution in [3.05, 3.63) is 53.1 Å². The molecule has 2 aromatic rings. The van der Waals surface area contributed by atoms with Crippen LogP contribution in [0.1, 0.15) is 10.4 Å². The fraction of sp³-hybridized carbons (Fsp3) is 0.133. The highest BCUT2D eigenvalue weighted by Crippen LogP contribution is 2.27. The fourth-order valence-electron chi connectivity index (χ4n) is 1.68. The van der Waals surface area contributed by atoms with Crippen LogP contribution in [-0.2, 0) is 0 Å². The second kappa shape index (κ2) is 6.30. The van der Waals surface area contributed by atoms with E-state index in [9.17, 15) is 4.79 Å². The summed E-state index contributed by atoms with van der Waals surface area (Å²) >= 11 is 6.08. The summed E-state index contributed by atoms with van der Waals surface area (Å²) in [5.74, 6) is 1.00. The van der Waals surface area contributed by atoms with Gasteiger partial charge in [-0.15, -0.1) is 0 Å². The maximum atomic E-state index is 12.1. The molecule has 2 aromatic carbocycles. The number of nitrogens with one attached hydrogen (secondary N) is 1. The summed E-state index contributed by atoms with van der Waals surface area (Å²) in [6.45, 7) is 0. The fourth-order valence-corrected chi connectivity index (χ4v) is 1.90. The zero-order valence-electron chi connectivity index (χ0n) is 11.1. The van der Waals surface area contributed by atoms with Gasteiger partial charge in [0.2, 0.25) is 0 Å². The Morgan fingerprint density at radius 3 is 2.40 bits per heavy atom. The van der Waals surface area contributed by atoms with Gasteiger partial charge in [-0.05, 0) is 30.3 Å². The van der Waals surface area contributed by atoms with E-state index >= 15 is 0 Å². The zero-order chi connectivity index (χ0) is 14.5. The van der Waals surface area contributed by atoms with E-state index in [-0.39, 0.29) is 5.91 Å². The number of ether oxygens (including phenoxy) is 2. The first-order valence-electron chi connectivity index (χ1n) is 5.93. The van der Waals surface area contributed by atoms with Crippen LogP contribution in [0.15, 0.2) is 42.5 Å². The van der Waals surface area contributed by atoms with E-state index in [4.69, 9.17) is 21.1 Å². The quantitative estimate of drug-likeness (QED) is 0.936. The molecule has 0 spiro atoms. The number of carbonyl (C=O) groups excluding carboxylic acids is 1. The first-order chi connectivity index (χ1) is 9.63. The molecule has 0 atom stereocenters. The lowest BCUT2D eigenvalue weighted by Crippen LogP contribution is -2.12. The van der Waals surface area contributed by atoms with Gasteiger partial charge in [0, 0.05) is 11.6 Å². The van der Waals surface area contributed by atoms with Gasteiger partial charge in [0.25, 0.3) is 5.91 Å². The number of hydrogen-bond donors (Lipinski definition) is 1. The molecule has 20 heavy (non-hydrogen) atoms. The molecule has 5 heteroatoms. The van der Waals surface area contributed by atoms with Gasteiger partial charge in [0.05, 0.1) is 24.9 Å². The molecule has 0 unspecified atom stereocenters. The Bertz CT molecular complexity index is 628. The second-order valence-electron chi connectivity index (χ2n) is 4.03. The van der Waals surface area contributed by atoms with Gasteiger partial charge < -0.3 is 14.8 Å². The second-order valence-corrected chi connectivity index (χ2v) is 4.44. The van der Waals surface area contributed by atoms with Crippen molar-refractivity contribution in [2.75, 3.05) is 19.5 Å². The molecule has 1 N–H and O–H groups in total. The molecule has 0 saturated heterocycles. The van der Waals surface area contributed by atoms with Crippen molar-refractivity contribution in [2.45, 2.75) is 0 Å². The molecule has 0 radical (unpaired) electrons. The van der Waals surface area contributed by atoms with Crippen molar-refractivity contribution in [3.63, 3.8) is 0 Å². The van der Waals surface area contributed by atoms with Crippen molar-refractivity contribution < 1.29 is 14.3 Å². The number of carbonyl (C=O) groups is 1. The standard InChI is InChI=1S/C15H14ClNO3/c1-19-11-5-3-4-10(8-11)15(18)17-14-7-6-12(20-2)9-13(14)16/h3-9H,1-2H3,(H,17,18). The highest BCUT2D eigenvalue weighted by molar-refractivity contribution is 6.34. The summed E-state index contributed by atoms with van der Waals surface area (Å²) < 4.78 is 10.1. The van der Waals surface area contributed by atoms with Crippen molar-refractivity contribution in [2.24, 2.45) is 0 Å². The molecule has 0 fully saturated rings. The molecular formula is C15H14ClNO3. The molecule has 4 nitrogen and oxygen atoms in total. The van der Waals surface area contributed by atoms with E-state index in [1.165, 1.54) is 0 Å². The normalized spacial score (nSPS) is 9.95. The van der Waals surface area contributed by atoms with Crippen LogP contribution in [0.3, 0.4) is 0 Å². The van der Waals surface area contributed by atoms with E-state index in [0.717, 1.165) is 0 Å². The van der Waals surface area contributed by atoms with Gasteiger partial charge in [-0.3, -0.25) is 4.79 Å². The Labute approximate surface area is 122 Å². The number of anilines is 1. The third-order valence-electron chi connectivity index (χ3n) is 2.76. The van der Waals surface area contributed by atoms with E-state index in [2.05, 4.69) is 5.32 Å². The van der Waals surface area contributed by atoms with E-state index in [1.54, 1.807) is 56.7 Å². The van der Waals surface area contributed by atoms with Crippen molar-refractivity contribution in [3.8, 4) is 11.5 Å². The van der Waals surface area contributed by atoms with Crippen molar-refractivity contribution >= 4 is 23.2 Å². The van der Waals surface area contributed by atoms with Crippen molar-refractivity contribution in [1.29, 1.82) is 0 Å². The monoisotopic (exact) mass is 291 g/mol. The van der Waals surface area contributed by atoms with Crippen LogP contribution in [0.5, 0.6) is 11.5 Å². The third-order valence-corrected chi connectivity index (χ3v) is 3.07. The Hall–Kier alpha value is -2.20. The summed E-state index contributed by atoms with van der Waals surface area (Å²) in [6.07, 6.45) is 0. The minimum absolute atomic E-state index is 0.254. The van der Waals surface area contributed by atoms with Gasteiger partial charge in [-0.2, -0.15) is 0 Å². The average molecular weight is 292 g/mol. The number of halogens is 1. The zero-order valence-corrected chi connectivity index (χ0v) is 11.9. The smallest absolute Gasteiger partial charge is 0.255 e. The van der Waals surface area contributed by atoms with E-state index in [1.807, 2.05) is 0 Å². The number of amides is 1. The minimum Gasteiger partial charge on any atom is -0.497 e. The molecule has 0 aromatic heterocycles. The predicted octanol–water partition coefficient (Wildman–Crippen LogP) is 3.61. The summed E-state index contributed by atoms with van der Waals surface area (Å²) in [4.78, 5) is 12.1. The Morgan fingerprint density at radius 2 is 1.75 bits per heavy atom. The van der Waals surface area contributed by atoms with E-state index in [0.29, 0.717) is 27.8 Å². The molecule has 0 bridgehead atoms. The summed E-state index contributed by atoms with van der Waals surface area (Å²) in [6, 6.07) is 12.0. The first-order valence-corrected chi connectivity index (χ1v) is 6.31. The summed E-state index contributed by atoms with van der Waals surface area (Å²) in [5.41, 5.74) is 1.02. The maximum absolute atomic E-state index is 12.1. The summed E-state index contributed by atoms with van der Waals surface area (Å²) in [7, 11) is 3.11. The molecule has 0 aliphatic carbocycles. The largest absolute Gasteiger partial charge is 0.497 e. The van der Waals surface area contributed by atoms with Crippen LogP contribution < -0.4 is 14.8 Å². The number of rotatable bonds is 4. The molecule has 1 amide bonds. The number of hydrogen-bond acceptors (Lipinski definition) is 3. The Kier molecular flexibility index (Phi) is 4.48. The lowest BCUT2D eigenvalue weighted by atomic mass is 10.2. The third kappa shape index (κ3) is 3.22. The minimum atomic E-state index is -0.254. The average Bonchev–Trinajstić information content (AvgIpc) is 2.49. The highest BCUT2D eigenvalue weighted by Gasteiger charge is 2.10. The first kappa shape index (κ1) is 14.2. The van der Waals surface area contributed by atoms with Gasteiger partial charge in [-0.25, -0.2) is 0 Å². The lowest BCUT2D eigenvalue weighted by Gasteiger charge is -2.09. The SMILES string of the molecule is COc1cccc(C(=O)Nc2ccc(OC)cc2Cl)c1. The highest BCUT2D eigenvalue weighted by atomic mass is 35.5. The van der Waals surface area contributed by atoms with Gasteiger partial charge in [0.1, 0.15) is 11.5 Å². The van der Waals surface area contributed by atoms with Crippen LogP contribution in [0, 0.1) is 0 Å². The van der Waals surface area contributed by atoms with Crippen LogP contribution in [0.25, 0.3) is 0 Å². The molecule has 2 rings (SSSR count). The molecular weight excluding hydrogens is 278 g/mol. The summed E-state index contributed by atoms with van der Waals surface area (Å²) in [5, 5.41) is 3.16. The Morgan fingerprint density at radius 1 is 1.05 bits per heavy atom. The van der Waals surface area contributed by atoms with E-state index < -0.39 is 0 Å². The topological polar surface area (TPSA) is 47.6 Å². The van der Waals surface area contributed by atoms with Gasteiger partial charge in [0.15, 0.2) is 0 Å².